The van der Waals surface area contributed by atoms with Crippen LogP contribution in [0.4, 0.5) is 0 Å². The summed E-state index contributed by atoms with van der Waals surface area (Å²) in [5, 5.41) is 20.3. The predicted octanol–water partition coefficient (Wildman–Crippen LogP) is -2.36. The van der Waals surface area contributed by atoms with Gasteiger partial charge in [0.15, 0.2) is 0 Å². The van der Waals surface area contributed by atoms with Crippen LogP contribution in [0.5, 0.6) is 5.75 Å². The molecule has 0 bridgehead atoms. The standard InChI is InChI=1S/C11H13NO4.Na.H/c1-7(13)12-10(11(15)16)6-8-2-4-9(14)5-3-8;;/h2-5,10,14H,6H2,1H3,(H,12,13)(H,15,16);;/q;+1;-1/t10-;;/m0../s1. The summed E-state index contributed by atoms with van der Waals surface area (Å²) in [5.74, 6) is -1.34. The number of rotatable bonds is 4. The Morgan fingerprint density at radius 3 is 2.29 bits per heavy atom. The molecule has 1 rings (SSSR count). The third-order valence-electron chi connectivity index (χ3n) is 2.05. The summed E-state index contributed by atoms with van der Waals surface area (Å²) in [5.41, 5.74) is 0.735. The summed E-state index contributed by atoms with van der Waals surface area (Å²) in [6.07, 6.45) is 0.190. The van der Waals surface area contributed by atoms with Crippen LogP contribution in [0, 0.1) is 0 Å². The number of hydrogen-bond donors (Lipinski definition) is 3. The van der Waals surface area contributed by atoms with E-state index in [1.165, 1.54) is 19.1 Å². The normalized spacial score (nSPS) is 11.1. The van der Waals surface area contributed by atoms with E-state index in [9.17, 15) is 9.59 Å². The number of phenols is 1. The Bertz CT molecular complexity index is 397. The van der Waals surface area contributed by atoms with E-state index in [2.05, 4.69) is 5.32 Å². The molecule has 0 heterocycles. The van der Waals surface area contributed by atoms with Crippen LogP contribution in [0.25, 0.3) is 0 Å². The Kier molecular flexibility index (Phi) is 6.87. The molecular formula is C11H14NNaO4. The number of hydrogen-bond acceptors (Lipinski definition) is 3. The molecule has 1 aromatic carbocycles. The molecule has 0 unspecified atom stereocenters. The maximum absolute atomic E-state index is 10.8. The molecule has 88 valence electrons. The van der Waals surface area contributed by atoms with Gasteiger partial charge in [0, 0.05) is 13.3 Å². The number of benzene rings is 1. The molecule has 1 amide bonds. The summed E-state index contributed by atoms with van der Waals surface area (Å²) < 4.78 is 0. The molecule has 0 aliphatic carbocycles. The molecule has 3 N–H and O–H groups in total. The summed E-state index contributed by atoms with van der Waals surface area (Å²) in [6, 6.07) is 5.24. The van der Waals surface area contributed by atoms with E-state index < -0.39 is 12.0 Å². The monoisotopic (exact) mass is 247 g/mol. The number of carbonyl (C=O) groups excluding carboxylic acids is 1. The fourth-order valence-electron chi connectivity index (χ4n) is 1.31. The second kappa shape index (κ2) is 7.32. The topological polar surface area (TPSA) is 86.6 Å². The molecule has 0 spiro atoms. The van der Waals surface area contributed by atoms with Gasteiger partial charge < -0.3 is 17.0 Å². The first-order valence-electron chi connectivity index (χ1n) is 4.77. The van der Waals surface area contributed by atoms with Crippen molar-refractivity contribution in [3.05, 3.63) is 29.8 Å². The van der Waals surface area contributed by atoms with Crippen LogP contribution in [0.1, 0.15) is 13.9 Å². The second-order valence-electron chi connectivity index (χ2n) is 3.46. The van der Waals surface area contributed by atoms with E-state index in [1.807, 2.05) is 0 Å². The van der Waals surface area contributed by atoms with Gasteiger partial charge in [-0.25, -0.2) is 4.79 Å². The third kappa shape index (κ3) is 5.72. The van der Waals surface area contributed by atoms with Crippen molar-refractivity contribution in [3.8, 4) is 5.75 Å². The summed E-state index contributed by atoms with van der Waals surface area (Å²) in [6.45, 7) is 1.27. The maximum atomic E-state index is 10.8. The second-order valence-corrected chi connectivity index (χ2v) is 3.46. The van der Waals surface area contributed by atoms with Gasteiger partial charge in [-0.15, -0.1) is 0 Å². The summed E-state index contributed by atoms with van der Waals surface area (Å²) in [4.78, 5) is 21.6. The van der Waals surface area contributed by atoms with Crippen molar-refractivity contribution in [1.82, 2.24) is 5.32 Å². The van der Waals surface area contributed by atoms with Gasteiger partial charge in [0.25, 0.3) is 0 Å². The Balaban J connectivity index is 0. The molecule has 0 aliphatic rings. The SMILES string of the molecule is CC(=O)N[C@@H](Cc1ccc(O)cc1)C(=O)O.[H-].[Na+]. The molecular weight excluding hydrogens is 233 g/mol. The van der Waals surface area contributed by atoms with E-state index in [4.69, 9.17) is 10.2 Å². The van der Waals surface area contributed by atoms with Crippen LogP contribution in [0.15, 0.2) is 24.3 Å². The van der Waals surface area contributed by atoms with Gasteiger partial charge >= 0.3 is 35.5 Å². The molecule has 5 nitrogen and oxygen atoms in total. The van der Waals surface area contributed by atoms with Crippen molar-refractivity contribution in [1.29, 1.82) is 0 Å². The van der Waals surface area contributed by atoms with Gasteiger partial charge in [0.2, 0.25) is 5.91 Å². The average Bonchev–Trinajstić information content (AvgIpc) is 2.19. The zero-order valence-electron chi connectivity index (χ0n) is 10.8. The van der Waals surface area contributed by atoms with Gasteiger partial charge in [0.05, 0.1) is 0 Å². The quantitative estimate of drug-likeness (QED) is 0.519. The number of phenolic OH excluding ortho intramolecular Hbond substituents is 1. The molecule has 0 aliphatic heterocycles. The van der Waals surface area contributed by atoms with Crippen molar-refractivity contribution in [2.75, 3.05) is 0 Å². The fourth-order valence-corrected chi connectivity index (χ4v) is 1.31. The minimum atomic E-state index is -1.08. The minimum Gasteiger partial charge on any atom is -1.00 e. The van der Waals surface area contributed by atoms with E-state index in [0.29, 0.717) is 0 Å². The van der Waals surface area contributed by atoms with Crippen LogP contribution in [0.3, 0.4) is 0 Å². The maximum Gasteiger partial charge on any atom is 1.00 e. The van der Waals surface area contributed by atoms with Crippen LogP contribution in [-0.4, -0.2) is 28.1 Å². The van der Waals surface area contributed by atoms with Gasteiger partial charge in [-0.1, -0.05) is 12.1 Å². The number of amides is 1. The van der Waals surface area contributed by atoms with Gasteiger partial charge in [-0.2, -0.15) is 0 Å². The summed E-state index contributed by atoms with van der Waals surface area (Å²) >= 11 is 0. The number of aromatic hydroxyl groups is 1. The van der Waals surface area contributed by atoms with E-state index >= 15 is 0 Å². The van der Waals surface area contributed by atoms with E-state index in [-0.39, 0.29) is 49.1 Å². The molecule has 6 heteroatoms. The number of carboxylic acid groups (broad SMARTS) is 1. The Morgan fingerprint density at radius 2 is 1.88 bits per heavy atom. The molecule has 17 heavy (non-hydrogen) atoms. The van der Waals surface area contributed by atoms with Crippen molar-refractivity contribution in [2.24, 2.45) is 0 Å². The van der Waals surface area contributed by atoms with E-state index in [0.717, 1.165) is 5.56 Å². The van der Waals surface area contributed by atoms with Crippen molar-refractivity contribution >= 4 is 11.9 Å². The summed E-state index contributed by atoms with van der Waals surface area (Å²) in [7, 11) is 0. The first-order valence-corrected chi connectivity index (χ1v) is 4.77. The molecule has 1 atom stereocenters. The van der Waals surface area contributed by atoms with Gasteiger partial charge in [-0.05, 0) is 17.7 Å². The predicted molar refractivity (Wildman–Crippen MR) is 58.2 cm³/mol. The first-order chi connectivity index (χ1) is 7.49. The third-order valence-corrected chi connectivity index (χ3v) is 2.05. The number of carboxylic acids is 1. The first kappa shape index (κ1) is 16.0. The zero-order valence-corrected chi connectivity index (χ0v) is 11.8. The molecule has 1 aromatic rings. The van der Waals surface area contributed by atoms with E-state index in [1.54, 1.807) is 12.1 Å². The van der Waals surface area contributed by atoms with Crippen LogP contribution < -0.4 is 34.9 Å². The van der Waals surface area contributed by atoms with Crippen LogP contribution >= 0.6 is 0 Å². The fraction of sp³-hybridized carbons (Fsp3) is 0.273. The molecule has 0 aromatic heterocycles. The number of nitrogens with one attached hydrogen (secondary N) is 1. The minimum absolute atomic E-state index is 0. The zero-order chi connectivity index (χ0) is 12.1. The molecule has 0 saturated heterocycles. The number of aliphatic carboxylic acids is 1. The van der Waals surface area contributed by atoms with Gasteiger partial charge in [0.1, 0.15) is 11.8 Å². The van der Waals surface area contributed by atoms with Crippen LogP contribution in [-0.2, 0) is 16.0 Å². The number of carbonyl (C=O) groups is 2. The molecule has 0 saturated carbocycles. The molecule has 0 fully saturated rings. The van der Waals surface area contributed by atoms with Gasteiger partial charge in [-0.3, -0.25) is 4.79 Å². The van der Waals surface area contributed by atoms with Crippen molar-refractivity contribution in [2.45, 2.75) is 19.4 Å². The smallest absolute Gasteiger partial charge is 1.00 e. The van der Waals surface area contributed by atoms with Crippen molar-refractivity contribution in [3.63, 3.8) is 0 Å². The average molecular weight is 247 g/mol. The largest absolute Gasteiger partial charge is 1.00 e. The van der Waals surface area contributed by atoms with Crippen molar-refractivity contribution < 1.29 is 50.8 Å². The Labute approximate surface area is 123 Å². The Morgan fingerprint density at radius 1 is 1.35 bits per heavy atom. The van der Waals surface area contributed by atoms with Crippen LogP contribution in [0.2, 0.25) is 0 Å². The Hall–Kier alpha value is -1.04. The molecule has 0 radical (unpaired) electrons.